The summed E-state index contributed by atoms with van der Waals surface area (Å²) in [5, 5.41) is 0. The normalized spacial score (nSPS) is 22.3. The Morgan fingerprint density at radius 3 is 2.42 bits per heavy atom. The highest BCUT2D eigenvalue weighted by molar-refractivity contribution is 8.02. The summed E-state index contributed by atoms with van der Waals surface area (Å²) in [5.41, 5.74) is 14.8. The standard InChI is InChI=1S/C35H42N2S/c1-22-17-19-29-32(24(22)3)35(6,7)31(37(29)8)21-23(2)26-14-12-13-25(33(26)38-9)18-20-30-34(4,5)27-15-10-11-16-28(27)36-30/h10-11,15-21H,12-14H2,1-9H3/b20-18+,26-23+,31-21+. The second kappa shape index (κ2) is 9.75. The van der Waals surface area contributed by atoms with Crippen LogP contribution < -0.4 is 4.90 Å². The van der Waals surface area contributed by atoms with Gasteiger partial charge in [-0.2, -0.15) is 0 Å². The summed E-state index contributed by atoms with van der Waals surface area (Å²) in [4.78, 5) is 8.85. The van der Waals surface area contributed by atoms with E-state index in [1.807, 2.05) is 11.8 Å². The minimum atomic E-state index is -0.0645. The van der Waals surface area contributed by atoms with Crippen LogP contribution in [0.2, 0.25) is 0 Å². The van der Waals surface area contributed by atoms with E-state index in [1.165, 1.54) is 61.7 Å². The minimum absolute atomic E-state index is 0.0240. The molecule has 0 bridgehead atoms. The highest BCUT2D eigenvalue weighted by Crippen LogP contribution is 2.50. The third-order valence-corrected chi connectivity index (χ3v) is 9.99. The first-order chi connectivity index (χ1) is 18.0. The molecule has 2 heterocycles. The molecule has 0 unspecified atom stereocenters. The molecular formula is C35H42N2S. The quantitative estimate of drug-likeness (QED) is 0.397. The van der Waals surface area contributed by atoms with Gasteiger partial charge >= 0.3 is 0 Å². The van der Waals surface area contributed by atoms with Crippen molar-refractivity contribution in [2.24, 2.45) is 4.99 Å². The third kappa shape index (κ3) is 4.24. The fourth-order valence-corrected chi connectivity index (χ4v) is 7.66. The number of likely N-dealkylation sites (N-methyl/N-ethyl adjacent to an activating group) is 1. The molecule has 2 aromatic rings. The zero-order chi connectivity index (χ0) is 27.4. The number of aryl methyl sites for hydroxylation is 1. The van der Waals surface area contributed by atoms with Gasteiger partial charge in [-0.1, -0.05) is 58.0 Å². The number of nitrogens with zero attached hydrogens (tertiary/aromatic N) is 2. The summed E-state index contributed by atoms with van der Waals surface area (Å²) in [6.45, 7) is 16.2. The predicted octanol–water partition coefficient (Wildman–Crippen LogP) is 9.65. The highest BCUT2D eigenvalue weighted by Gasteiger charge is 2.40. The van der Waals surface area contributed by atoms with Gasteiger partial charge in [-0.15, -0.1) is 11.8 Å². The summed E-state index contributed by atoms with van der Waals surface area (Å²) in [6, 6.07) is 13.1. The molecule has 3 heteroatoms. The lowest BCUT2D eigenvalue weighted by molar-refractivity contribution is 0.634. The van der Waals surface area contributed by atoms with Crippen molar-refractivity contribution >= 4 is 28.8 Å². The number of fused-ring (bicyclic) bond motifs is 2. The van der Waals surface area contributed by atoms with Crippen LogP contribution >= 0.6 is 11.8 Å². The van der Waals surface area contributed by atoms with Crippen LogP contribution in [0.4, 0.5) is 11.4 Å². The van der Waals surface area contributed by atoms with Crippen LogP contribution in [0.1, 0.15) is 76.1 Å². The van der Waals surface area contributed by atoms with E-state index < -0.39 is 0 Å². The average molecular weight is 523 g/mol. The molecule has 0 atom stereocenters. The lowest BCUT2D eigenvalue weighted by Crippen LogP contribution is -2.23. The molecule has 0 saturated heterocycles. The fraction of sp³-hybridized carbons (Fsp3) is 0.400. The molecule has 0 N–H and O–H groups in total. The van der Waals surface area contributed by atoms with Crippen molar-refractivity contribution in [1.82, 2.24) is 0 Å². The Hall–Kier alpha value is -2.78. The largest absolute Gasteiger partial charge is 0.347 e. The van der Waals surface area contributed by atoms with Gasteiger partial charge in [0.1, 0.15) is 0 Å². The minimum Gasteiger partial charge on any atom is -0.347 e. The number of hydrogen-bond donors (Lipinski definition) is 0. The highest BCUT2D eigenvalue weighted by atomic mass is 32.2. The monoisotopic (exact) mass is 522 g/mol. The lowest BCUT2D eigenvalue weighted by Gasteiger charge is -2.27. The smallest absolute Gasteiger partial charge is 0.0674 e. The number of hydrogen-bond acceptors (Lipinski definition) is 3. The summed E-state index contributed by atoms with van der Waals surface area (Å²) in [6.07, 6.45) is 12.8. The molecule has 3 aliphatic rings. The van der Waals surface area contributed by atoms with Gasteiger partial charge in [-0.25, -0.2) is 0 Å². The topological polar surface area (TPSA) is 15.6 Å². The van der Waals surface area contributed by atoms with Gasteiger partial charge in [0.05, 0.1) is 11.4 Å². The molecule has 2 aliphatic heterocycles. The number of thioether (sulfide) groups is 1. The molecule has 0 amide bonds. The van der Waals surface area contributed by atoms with Gasteiger partial charge in [0, 0.05) is 34.2 Å². The number of para-hydroxylation sites is 1. The SMILES string of the molecule is CSC1=C(/C=C/C2=Nc3ccccc3C2(C)C)CCC/C1=C(C)\C=C1\N(C)c2ccc(C)c(C)c2C1(C)C. The number of anilines is 1. The molecule has 5 rings (SSSR count). The molecule has 0 spiro atoms. The van der Waals surface area contributed by atoms with Gasteiger partial charge in [0.15, 0.2) is 0 Å². The van der Waals surface area contributed by atoms with E-state index in [1.54, 1.807) is 0 Å². The van der Waals surface area contributed by atoms with Gasteiger partial charge in [-0.3, -0.25) is 4.99 Å². The number of aliphatic imine (C=N–C) groups is 1. The van der Waals surface area contributed by atoms with E-state index in [0.29, 0.717) is 0 Å². The first kappa shape index (κ1) is 26.8. The van der Waals surface area contributed by atoms with Gasteiger partial charge in [0.2, 0.25) is 0 Å². The maximum absolute atomic E-state index is 4.99. The van der Waals surface area contributed by atoms with E-state index in [-0.39, 0.29) is 10.8 Å². The van der Waals surface area contributed by atoms with Crippen molar-refractivity contribution in [1.29, 1.82) is 0 Å². The second-order valence-corrected chi connectivity index (χ2v) is 13.0. The Labute approximate surface area is 234 Å². The van der Waals surface area contributed by atoms with Crippen LogP contribution in [0.15, 0.2) is 86.9 Å². The molecule has 2 aromatic carbocycles. The van der Waals surface area contributed by atoms with Gasteiger partial charge in [-0.05, 0) is 110 Å². The van der Waals surface area contributed by atoms with Crippen LogP contribution in [0.5, 0.6) is 0 Å². The van der Waals surface area contributed by atoms with Crippen molar-refractivity contribution in [3.8, 4) is 0 Å². The van der Waals surface area contributed by atoms with Crippen LogP contribution in [-0.2, 0) is 10.8 Å². The van der Waals surface area contributed by atoms with Crippen molar-refractivity contribution in [2.75, 3.05) is 18.2 Å². The number of benzene rings is 2. The van der Waals surface area contributed by atoms with Crippen molar-refractivity contribution in [2.45, 2.75) is 78.6 Å². The van der Waals surface area contributed by atoms with Crippen molar-refractivity contribution in [3.05, 3.63) is 104 Å². The molecule has 1 aliphatic carbocycles. The van der Waals surface area contributed by atoms with Crippen molar-refractivity contribution < 1.29 is 0 Å². The Kier molecular flexibility index (Phi) is 6.88. The molecule has 0 fully saturated rings. The lowest BCUT2D eigenvalue weighted by atomic mass is 9.79. The number of rotatable bonds is 4. The Balaban J connectivity index is 1.52. The molecule has 0 aromatic heterocycles. The van der Waals surface area contributed by atoms with E-state index >= 15 is 0 Å². The molecule has 0 radical (unpaired) electrons. The molecule has 2 nitrogen and oxygen atoms in total. The van der Waals surface area contributed by atoms with E-state index in [2.05, 4.69) is 121 Å². The summed E-state index contributed by atoms with van der Waals surface area (Å²) < 4.78 is 0. The summed E-state index contributed by atoms with van der Waals surface area (Å²) >= 11 is 1.90. The van der Waals surface area contributed by atoms with Crippen LogP contribution in [0.25, 0.3) is 0 Å². The summed E-state index contributed by atoms with van der Waals surface area (Å²) in [5.74, 6) is 0. The van der Waals surface area contributed by atoms with Gasteiger partial charge < -0.3 is 4.90 Å². The molecule has 38 heavy (non-hydrogen) atoms. The third-order valence-electron chi connectivity index (χ3n) is 9.07. The van der Waals surface area contributed by atoms with E-state index in [9.17, 15) is 0 Å². The molecule has 0 saturated carbocycles. The zero-order valence-corrected chi connectivity index (χ0v) is 25.4. The fourth-order valence-electron chi connectivity index (χ4n) is 6.71. The van der Waals surface area contributed by atoms with Gasteiger partial charge in [0.25, 0.3) is 0 Å². The second-order valence-electron chi connectivity index (χ2n) is 12.2. The number of allylic oxidation sites excluding steroid dienone is 7. The first-order valence-corrected chi connectivity index (χ1v) is 15.1. The Morgan fingerprint density at radius 2 is 1.71 bits per heavy atom. The van der Waals surface area contributed by atoms with E-state index in [0.717, 1.165) is 24.2 Å². The molecule has 198 valence electrons. The first-order valence-electron chi connectivity index (χ1n) is 13.9. The van der Waals surface area contributed by atoms with E-state index in [4.69, 9.17) is 4.99 Å². The van der Waals surface area contributed by atoms with Crippen molar-refractivity contribution in [3.63, 3.8) is 0 Å². The van der Waals surface area contributed by atoms with Crippen LogP contribution in [-0.4, -0.2) is 19.0 Å². The van der Waals surface area contributed by atoms with Crippen LogP contribution in [0, 0.1) is 13.8 Å². The Morgan fingerprint density at radius 1 is 0.974 bits per heavy atom. The predicted molar refractivity (Wildman–Crippen MR) is 168 cm³/mol. The zero-order valence-electron chi connectivity index (χ0n) is 24.6. The Bertz CT molecular complexity index is 1460. The molecular weight excluding hydrogens is 480 g/mol. The average Bonchev–Trinajstić information content (AvgIpc) is 3.26. The van der Waals surface area contributed by atoms with Crippen LogP contribution in [0.3, 0.4) is 0 Å². The maximum atomic E-state index is 4.99. The summed E-state index contributed by atoms with van der Waals surface area (Å²) in [7, 11) is 2.23. The maximum Gasteiger partial charge on any atom is 0.0674 e.